The molecular formula is C15H34. The van der Waals surface area contributed by atoms with E-state index in [1.807, 2.05) is 39.8 Å². The number of rotatable bonds is 0. The molecule has 0 aliphatic carbocycles. The number of hydrogen-bond acceptors (Lipinski definition) is 0. The van der Waals surface area contributed by atoms with E-state index in [0.717, 1.165) is 5.92 Å². The van der Waals surface area contributed by atoms with Gasteiger partial charge in [0.15, 0.2) is 0 Å². The molecule has 0 fully saturated rings. The summed E-state index contributed by atoms with van der Waals surface area (Å²) >= 11 is 0. The first kappa shape index (κ1) is 24.0. The molecule has 0 N–H and O–H groups in total. The molecule has 0 aromatic carbocycles. The first-order chi connectivity index (χ1) is 6.79. The summed E-state index contributed by atoms with van der Waals surface area (Å²) in [6, 6.07) is 0. The van der Waals surface area contributed by atoms with Crippen LogP contribution in [0.4, 0.5) is 0 Å². The smallest absolute Gasteiger partial charge is 0.0445 e. The maximum absolute atomic E-state index is 3.56. The van der Waals surface area contributed by atoms with Crippen LogP contribution in [0.25, 0.3) is 0 Å². The Morgan fingerprint density at radius 3 is 1.07 bits per heavy atom. The summed E-state index contributed by atoms with van der Waals surface area (Å²) in [4.78, 5) is 0. The van der Waals surface area contributed by atoms with Gasteiger partial charge in [0.05, 0.1) is 0 Å². The van der Waals surface area contributed by atoms with Crippen LogP contribution >= 0.6 is 0 Å². The zero-order chi connectivity index (χ0) is 13.3. The molecule has 0 bridgehead atoms. The van der Waals surface area contributed by atoms with Crippen LogP contribution in [-0.4, -0.2) is 0 Å². The van der Waals surface area contributed by atoms with Crippen LogP contribution in [0.15, 0.2) is 24.3 Å². The fourth-order valence-electron chi connectivity index (χ4n) is 0. The first-order valence-electron chi connectivity index (χ1n) is 5.99. The average molecular weight is 214 g/mol. The van der Waals surface area contributed by atoms with Crippen LogP contribution < -0.4 is 0 Å². The van der Waals surface area contributed by atoms with Crippen molar-refractivity contribution in [3.8, 4) is 0 Å². The van der Waals surface area contributed by atoms with Crippen molar-refractivity contribution < 1.29 is 0 Å². The van der Waals surface area contributed by atoms with E-state index in [0.29, 0.717) is 0 Å². The Morgan fingerprint density at radius 1 is 1.00 bits per heavy atom. The summed E-state index contributed by atoms with van der Waals surface area (Å²) in [6.07, 6.45) is 5.25. The summed E-state index contributed by atoms with van der Waals surface area (Å²) in [7, 11) is 0. The molecule has 0 aliphatic heterocycles. The maximum atomic E-state index is 3.56. The highest BCUT2D eigenvalue weighted by Gasteiger charge is 1.68. The molecule has 0 spiro atoms. The lowest BCUT2D eigenvalue weighted by Gasteiger charge is -1.79. The zero-order valence-electron chi connectivity index (χ0n) is 12.6. The molecule has 0 rings (SSSR count). The van der Waals surface area contributed by atoms with Gasteiger partial charge >= 0.3 is 0 Å². The summed E-state index contributed by atoms with van der Waals surface area (Å²) in [6.45, 7) is 22.2. The summed E-state index contributed by atoms with van der Waals surface area (Å²) < 4.78 is 0. The van der Waals surface area contributed by atoms with E-state index in [1.54, 1.807) is 0 Å². The Labute approximate surface area is 99.5 Å². The Hall–Kier alpha value is -0.520. The first-order valence-corrected chi connectivity index (χ1v) is 5.99. The molecule has 0 heterocycles. The molecule has 0 amide bonds. The van der Waals surface area contributed by atoms with E-state index in [-0.39, 0.29) is 0 Å². The minimum atomic E-state index is 0.833. The molecule has 0 aromatic rings. The van der Waals surface area contributed by atoms with Crippen LogP contribution in [-0.2, 0) is 0 Å². The predicted octanol–water partition coefficient (Wildman–Crippen LogP) is 6.24. The molecule has 0 radical (unpaired) electrons. The van der Waals surface area contributed by atoms with Gasteiger partial charge in [0, 0.05) is 0 Å². The van der Waals surface area contributed by atoms with Gasteiger partial charge in [0.2, 0.25) is 0 Å². The third-order valence-electron chi connectivity index (χ3n) is 0.333. The van der Waals surface area contributed by atoms with E-state index in [4.69, 9.17) is 0 Å². The van der Waals surface area contributed by atoms with Gasteiger partial charge in [-0.25, -0.2) is 0 Å². The molecule has 0 heteroatoms. The molecule has 0 saturated heterocycles. The van der Waals surface area contributed by atoms with E-state index < -0.39 is 0 Å². The Bertz CT molecular complexity index is 96.5. The zero-order valence-corrected chi connectivity index (χ0v) is 12.6. The molecule has 0 aromatic heterocycles. The van der Waals surface area contributed by atoms with Crippen LogP contribution in [0.2, 0.25) is 0 Å². The third-order valence-corrected chi connectivity index (χ3v) is 0.333. The molecule has 0 nitrogen and oxygen atoms in total. The second kappa shape index (κ2) is 29.2. The third kappa shape index (κ3) is 7710. The topological polar surface area (TPSA) is 0 Å². The molecule has 0 saturated carbocycles. The molecule has 0 atom stereocenters. The van der Waals surface area contributed by atoms with Crippen molar-refractivity contribution in [3.05, 3.63) is 24.3 Å². The SMILES string of the molecule is C=C(C)C.CC(C)C.CC=CC.CCC. The largest absolute Gasteiger partial charge is 0.100 e. The number of allylic oxidation sites excluding steroid dienone is 3. The molecule has 0 unspecified atom stereocenters. The summed E-state index contributed by atoms with van der Waals surface area (Å²) in [5.74, 6) is 0.833. The van der Waals surface area contributed by atoms with Crippen molar-refractivity contribution in [1.82, 2.24) is 0 Å². The Kier molecular flexibility index (Phi) is 46.6. The van der Waals surface area contributed by atoms with Crippen molar-refractivity contribution in [1.29, 1.82) is 0 Å². The highest BCUT2D eigenvalue weighted by molar-refractivity contribution is 4.78. The van der Waals surface area contributed by atoms with Crippen molar-refractivity contribution in [2.75, 3.05) is 0 Å². The van der Waals surface area contributed by atoms with E-state index in [1.165, 1.54) is 12.0 Å². The van der Waals surface area contributed by atoms with Gasteiger partial charge in [-0.05, 0) is 33.6 Å². The fraction of sp³-hybridized carbons (Fsp3) is 0.733. The Morgan fingerprint density at radius 2 is 1.07 bits per heavy atom. The highest BCUT2D eigenvalue weighted by Crippen LogP contribution is 1.81. The molecule has 94 valence electrons. The lowest BCUT2D eigenvalue weighted by Crippen LogP contribution is -1.66. The van der Waals surface area contributed by atoms with Gasteiger partial charge in [0.1, 0.15) is 0 Å². The fourth-order valence-corrected chi connectivity index (χ4v) is 0. The second-order valence-corrected chi connectivity index (χ2v) is 4.31. The lowest BCUT2D eigenvalue weighted by molar-refractivity contribution is 0.737. The number of hydrogen-bond donors (Lipinski definition) is 0. The van der Waals surface area contributed by atoms with Crippen molar-refractivity contribution in [2.24, 2.45) is 5.92 Å². The highest BCUT2D eigenvalue weighted by atomic mass is 13.7. The van der Waals surface area contributed by atoms with Crippen molar-refractivity contribution in [2.45, 2.75) is 68.7 Å². The van der Waals surface area contributed by atoms with Crippen molar-refractivity contribution >= 4 is 0 Å². The minimum absolute atomic E-state index is 0.833. The van der Waals surface area contributed by atoms with Crippen LogP contribution in [0, 0.1) is 5.92 Å². The monoisotopic (exact) mass is 214 g/mol. The van der Waals surface area contributed by atoms with Gasteiger partial charge in [-0.2, -0.15) is 0 Å². The quantitative estimate of drug-likeness (QED) is 0.418. The van der Waals surface area contributed by atoms with Crippen LogP contribution in [0.1, 0.15) is 68.7 Å². The van der Waals surface area contributed by atoms with Gasteiger partial charge in [-0.3, -0.25) is 0 Å². The average Bonchev–Trinajstić information content (AvgIpc) is 2.03. The van der Waals surface area contributed by atoms with Gasteiger partial charge in [-0.15, -0.1) is 6.58 Å². The van der Waals surface area contributed by atoms with Crippen LogP contribution in [0.5, 0.6) is 0 Å². The van der Waals surface area contributed by atoms with E-state index in [9.17, 15) is 0 Å². The van der Waals surface area contributed by atoms with Gasteiger partial charge in [-0.1, -0.05) is 58.8 Å². The van der Waals surface area contributed by atoms with Gasteiger partial charge in [0.25, 0.3) is 0 Å². The van der Waals surface area contributed by atoms with Gasteiger partial charge < -0.3 is 0 Å². The summed E-state index contributed by atoms with van der Waals surface area (Å²) in [5.41, 5.74) is 1.17. The second-order valence-electron chi connectivity index (χ2n) is 4.31. The van der Waals surface area contributed by atoms with Crippen molar-refractivity contribution in [3.63, 3.8) is 0 Å². The predicted molar refractivity (Wildman–Crippen MR) is 77.5 cm³/mol. The Balaban J connectivity index is -0.0000000542. The van der Waals surface area contributed by atoms with E-state index in [2.05, 4.69) is 41.2 Å². The summed E-state index contributed by atoms with van der Waals surface area (Å²) in [5, 5.41) is 0. The standard InChI is InChI=1S/C4H10.2C4H8.C3H8/c2*1-4(2)3;1-3-4-2;1-3-2/h4H,1-3H3;1H2,2-3H3;3-4H,1-2H3;3H2,1-2H3. The molecule has 0 aliphatic rings. The van der Waals surface area contributed by atoms with E-state index >= 15 is 0 Å². The van der Waals surface area contributed by atoms with Crippen LogP contribution in [0.3, 0.4) is 0 Å². The normalized spacial score (nSPS) is 7.87. The molecule has 15 heavy (non-hydrogen) atoms. The maximum Gasteiger partial charge on any atom is -0.0445 e. The molecular weight excluding hydrogens is 180 g/mol. The lowest BCUT2D eigenvalue weighted by atomic mass is 10.3. The minimum Gasteiger partial charge on any atom is -0.100 e.